The quantitative estimate of drug-likeness (QED) is 0.358. The lowest BCUT2D eigenvalue weighted by atomic mass is 10.2. The van der Waals surface area contributed by atoms with Crippen molar-refractivity contribution in [1.29, 1.82) is 0 Å². The SMILES string of the molecule is C=CCNC(=NC)NCCCc1nnc2n1CCCCC2. The molecule has 0 amide bonds. The number of rotatable bonds is 6. The molecular formula is C15H26N6. The topological polar surface area (TPSA) is 67.1 Å². The number of aromatic nitrogens is 3. The number of guanidine groups is 1. The number of hydrogen-bond acceptors (Lipinski definition) is 3. The summed E-state index contributed by atoms with van der Waals surface area (Å²) in [5, 5.41) is 15.1. The molecule has 0 saturated carbocycles. The first-order valence-corrected chi connectivity index (χ1v) is 7.81. The van der Waals surface area contributed by atoms with E-state index in [2.05, 4.69) is 37.0 Å². The van der Waals surface area contributed by atoms with Crippen LogP contribution < -0.4 is 10.6 Å². The fraction of sp³-hybridized carbons (Fsp3) is 0.667. The second kappa shape index (κ2) is 8.44. The lowest BCUT2D eigenvalue weighted by Gasteiger charge is -2.10. The highest BCUT2D eigenvalue weighted by atomic mass is 15.3. The van der Waals surface area contributed by atoms with Gasteiger partial charge in [0.1, 0.15) is 11.6 Å². The maximum absolute atomic E-state index is 4.35. The first kappa shape index (κ1) is 15.5. The fourth-order valence-corrected chi connectivity index (χ4v) is 2.57. The number of fused-ring (bicyclic) bond motifs is 1. The van der Waals surface area contributed by atoms with Crippen LogP contribution >= 0.6 is 0 Å². The van der Waals surface area contributed by atoms with E-state index < -0.39 is 0 Å². The second-order valence-corrected chi connectivity index (χ2v) is 5.27. The fourth-order valence-electron chi connectivity index (χ4n) is 2.57. The molecule has 21 heavy (non-hydrogen) atoms. The minimum absolute atomic E-state index is 0.720. The molecule has 0 bridgehead atoms. The van der Waals surface area contributed by atoms with Gasteiger partial charge >= 0.3 is 0 Å². The van der Waals surface area contributed by atoms with Gasteiger partial charge in [0.05, 0.1) is 0 Å². The van der Waals surface area contributed by atoms with E-state index in [4.69, 9.17) is 0 Å². The van der Waals surface area contributed by atoms with E-state index in [0.29, 0.717) is 0 Å². The van der Waals surface area contributed by atoms with Crippen molar-refractivity contribution < 1.29 is 0 Å². The van der Waals surface area contributed by atoms with E-state index in [-0.39, 0.29) is 0 Å². The van der Waals surface area contributed by atoms with Gasteiger partial charge in [-0.1, -0.05) is 12.5 Å². The van der Waals surface area contributed by atoms with Crippen molar-refractivity contribution >= 4 is 5.96 Å². The van der Waals surface area contributed by atoms with Crippen molar-refractivity contribution in [2.24, 2.45) is 4.99 Å². The summed E-state index contributed by atoms with van der Waals surface area (Å²) in [5.41, 5.74) is 0. The Bertz CT molecular complexity index is 477. The maximum Gasteiger partial charge on any atom is 0.191 e. The van der Waals surface area contributed by atoms with Crippen LogP contribution in [-0.2, 0) is 19.4 Å². The first-order chi connectivity index (χ1) is 10.3. The molecule has 0 fully saturated rings. The highest BCUT2D eigenvalue weighted by Gasteiger charge is 2.13. The third kappa shape index (κ3) is 4.58. The number of hydrogen-bond donors (Lipinski definition) is 2. The van der Waals surface area contributed by atoms with Crippen LogP contribution in [0.15, 0.2) is 17.6 Å². The maximum atomic E-state index is 4.35. The van der Waals surface area contributed by atoms with E-state index in [1.54, 1.807) is 7.05 Å². The number of aliphatic imine (C=N–C) groups is 1. The molecule has 2 N–H and O–H groups in total. The van der Waals surface area contributed by atoms with Crippen LogP contribution in [0, 0.1) is 0 Å². The van der Waals surface area contributed by atoms with Gasteiger partial charge in [0.15, 0.2) is 5.96 Å². The average molecular weight is 290 g/mol. The number of nitrogens with zero attached hydrogens (tertiary/aromatic N) is 4. The Kier molecular flexibility index (Phi) is 6.24. The molecule has 1 aliphatic heterocycles. The van der Waals surface area contributed by atoms with E-state index in [0.717, 1.165) is 50.7 Å². The van der Waals surface area contributed by atoms with Gasteiger partial charge in [-0.15, -0.1) is 16.8 Å². The van der Waals surface area contributed by atoms with Gasteiger partial charge in [0.25, 0.3) is 0 Å². The Morgan fingerprint density at radius 3 is 3.05 bits per heavy atom. The summed E-state index contributed by atoms with van der Waals surface area (Å²) >= 11 is 0. The van der Waals surface area contributed by atoms with E-state index in [1.165, 1.54) is 25.1 Å². The lowest BCUT2D eigenvalue weighted by Crippen LogP contribution is -2.37. The van der Waals surface area contributed by atoms with Gasteiger partial charge in [-0.05, 0) is 19.3 Å². The minimum atomic E-state index is 0.720. The van der Waals surface area contributed by atoms with Gasteiger partial charge in [-0.3, -0.25) is 4.99 Å². The molecular weight excluding hydrogens is 264 g/mol. The Morgan fingerprint density at radius 1 is 1.33 bits per heavy atom. The molecule has 6 heteroatoms. The van der Waals surface area contributed by atoms with Crippen molar-refractivity contribution in [1.82, 2.24) is 25.4 Å². The molecule has 1 aromatic heterocycles. The van der Waals surface area contributed by atoms with Crippen LogP contribution in [0.4, 0.5) is 0 Å². The van der Waals surface area contributed by atoms with Crippen LogP contribution in [0.2, 0.25) is 0 Å². The summed E-state index contributed by atoms with van der Waals surface area (Å²) in [6.07, 6.45) is 8.65. The van der Waals surface area contributed by atoms with Crippen molar-refractivity contribution in [3.8, 4) is 0 Å². The minimum Gasteiger partial charge on any atom is -0.356 e. The molecule has 0 spiro atoms. The van der Waals surface area contributed by atoms with E-state index in [9.17, 15) is 0 Å². The molecule has 116 valence electrons. The molecule has 0 aliphatic carbocycles. The Balaban J connectivity index is 1.76. The van der Waals surface area contributed by atoms with E-state index in [1.807, 2.05) is 6.08 Å². The Hall–Kier alpha value is -1.85. The average Bonchev–Trinajstić information content (AvgIpc) is 2.73. The van der Waals surface area contributed by atoms with Crippen molar-refractivity contribution in [2.75, 3.05) is 20.1 Å². The van der Waals surface area contributed by atoms with Crippen LogP contribution in [-0.4, -0.2) is 40.9 Å². The standard InChI is InChI=1S/C15H26N6/c1-3-10-17-15(16-2)18-11-7-9-14-20-19-13-8-5-4-6-12-21(13)14/h3H,1,4-12H2,2H3,(H2,16,17,18). The van der Waals surface area contributed by atoms with Crippen molar-refractivity contribution in [3.05, 3.63) is 24.3 Å². The molecule has 2 rings (SSSR count). The van der Waals surface area contributed by atoms with Gasteiger partial charge in [0, 0.05) is 39.5 Å². The predicted octanol–water partition coefficient (Wildman–Crippen LogP) is 1.29. The molecule has 0 saturated heterocycles. The largest absolute Gasteiger partial charge is 0.356 e. The summed E-state index contributed by atoms with van der Waals surface area (Å²) in [6, 6.07) is 0. The Morgan fingerprint density at radius 2 is 2.24 bits per heavy atom. The van der Waals surface area contributed by atoms with Crippen LogP contribution in [0.5, 0.6) is 0 Å². The van der Waals surface area contributed by atoms with Gasteiger partial charge in [-0.2, -0.15) is 0 Å². The van der Waals surface area contributed by atoms with Crippen LogP contribution in [0.25, 0.3) is 0 Å². The molecule has 1 aromatic rings. The molecule has 6 nitrogen and oxygen atoms in total. The summed E-state index contributed by atoms with van der Waals surface area (Å²) in [5.74, 6) is 3.11. The lowest BCUT2D eigenvalue weighted by molar-refractivity contribution is 0.594. The summed E-state index contributed by atoms with van der Waals surface area (Å²) in [7, 11) is 1.77. The molecule has 0 atom stereocenters. The Labute approximate surface area is 126 Å². The van der Waals surface area contributed by atoms with Gasteiger partial charge in [0.2, 0.25) is 0 Å². The first-order valence-electron chi connectivity index (χ1n) is 7.81. The molecule has 0 radical (unpaired) electrons. The third-order valence-electron chi connectivity index (χ3n) is 3.69. The smallest absolute Gasteiger partial charge is 0.191 e. The number of nitrogens with one attached hydrogen (secondary N) is 2. The monoisotopic (exact) mass is 290 g/mol. The normalized spacial score (nSPS) is 15.2. The van der Waals surface area contributed by atoms with Crippen LogP contribution in [0.1, 0.15) is 37.3 Å². The third-order valence-corrected chi connectivity index (χ3v) is 3.69. The van der Waals surface area contributed by atoms with Gasteiger partial charge in [-0.25, -0.2) is 0 Å². The van der Waals surface area contributed by atoms with Crippen LogP contribution in [0.3, 0.4) is 0 Å². The highest BCUT2D eigenvalue weighted by molar-refractivity contribution is 5.79. The second-order valence-electron chi connectivity index (χ2n) is 5.27. The summed E-state index contributed by atoms with van der Waals surface area (Å²) < 4.78 is 2.32. The van der Waals surface area contributed by atoms with E-state index >= 15 is 0 Å². The summed E-state index contributed by atoms with van der Waals surface area (Å²) in [4.78, 5) is 4.16. The van der Waals surface area contributed by atoms with Gasteiger partial charge < -0.3 is 15.2 Å². The molecule has 0 unspecified atom stereocenters. The zero-order valence-corrected chi connectivity index (χ0v) is 12.9. The molecule has 1 aliphatic rings. The highest BCUT2D eigenvalue weighted by Crippen LogP contribution is 2.15. The predicted molar refractivity (Wildman–Crippen MR) is 85.5 cm³/mol. The molecule has 0 aromatic carbocycles. The van der Waals surface area contributed by atoms with Crippen molar-refractivity contribution in [2.45, 2.75) is 45.1 Å². The van der Waals surface area contributed by atoms with Crippen molar-refractivity contribution in [3.63, 3.8) is 0 Å². The zero-order chi connectivity index (χ0) is 14.9. The molecule has 2 heterocycles. The zero-order valence-electron chi connectivity index (χ0n) is 12.9. The summed E-state index contributed by atoms with van der Waals surface area (Å²) in [6.45, 7) is 6.35. The number of aryl methyl sites for hydroxylation is 2.